The Morgan fingerprint density at radius 3 is 2.11 bits per heavy atom. The first-order valence-electron chi connectivity index (χ1n) is 12.1. The maximum Gasteiger partial charge on any atom is 0.292 e. The van der Waals surface area contributed by atoms with Crippen LogP contribution in [0.15, 0.2) is 66.9 Å². The summed E-state index contributed by atoms with van der Waals surface area (Å²) in [6.07, 6.45) is 4.90. The van der Waals surface area contributed by atoms with Crippen LogP contribution in [0.3, 0.4) is 0 Å². The van der Waals surface area contributed by atoms with Gasteiger partial charge in [0.25, 0.3) is 11.8 Å². The normalized spacial score (nSPS) is 16.6. The predicted octanol–water partition coefficient (Wildman–Crippen LogP) is 5.56. The molecule has 0 unspecified atom stereocenters. The minimum Gasteiger partial charge on any atom is -0.439 e. The Labute approximate surface area is 224 Å². The van der Waals surface area contributed by atoms with Crippen LogP contribution in [-0.2, 0) is 4.79 Å². The molecule has 0 bridgehead atoms. The largest absolute Gasteiger partial charge is 0.439 e. The van der Waals surface area contributed by atoms with Crippen LogP contribution in [0, 0.1) is 5.41 Å². The van der Waals surface area contributed by atoms with Crippen molar-refractivity contribution in [3.63, 3.8) is 0 Å². The molecule has 1 N–H and O–H groups in total. The zero-order valence-corrected chi connectivity index (χ0v) is 21.5. The van der Waals surface area contributed by atoms with Gasteiger partial charge in [0.1, 0.15) is 5.75 Å². The molecule has 0 atom stereocenters. The third kappa shape index (κ3) is 5.78. The molecule has 2 aromatic carbocycles. The van der Waals surface area contributed by atoms with Crippen molar-refractivity contribution in [2.24, 2.45) is 5.41 Å². The van der Waals surface area contributed by atoms with Gasteiger partial charge in [0.05, 0.1) is 5.02 Å². The lowest BCUT2D eigenvalue weighted by atomic mass is 9.60. The van der Waals surface area contributed by atoms with Crippen LogP contribution < -0.4 is 10.1 Å². The van der Waals surface area contributed by atoms with E-state index in [1.807, 2.05) is 4.90 Å². The average Bonchev–Trinajstić information content (AvgIpc) is 2.89. The molecular formula is C28H25Cl2N3O4. The highest BCUT2D eigenvalue weighted by Crippen LogP contribution is 2.49. The molecule has 2 amide bonds. The van der Waals surface area contributed by atoms with Crippen LogP contribution >= 0.6 is 23.2 Å². The quantitative estimate of drug-likeness (QED) is 0.328. The van der Waals surface area contributed by atoms with Crippen molar-refractivity contribution in [3.8, 4) is 11.6 Å². The number of rotatable bonds is 6. The molecule has 1 saturated carbocycles. The fraction of sp³-hybridized carbons (Fsp3) is 0.286. The summed E-state index contributed by atoms with van der Waals surface area (Å²) in [5.41, 5.74) is 1.04. The third-order valence-corrected chi connectivity index (χ3v) is 7.62. The van der Waals surface area contributed by atoms with Gasteiger partial charge < -0.3 is 15.0 Å². The first-order valence-corrected chi connectivity index (χ1v) is 12.9. The van der Waals surface area contributed by atoms with Gasteiger partial charge in [0.2, 0.25) is 11.7 Å². The number of nitrogens with one attached hydrogen (secondary N) is 1. The molecule has 0 radical (unpaired) electrons. The van der Waals surface area contributed by atoms with Crippen molar-refractivity contribution in [3.05, 3.63) is 88.0 Å². The fourth-order valence-electron chi connectivity index (χ4n) is 5.05. The Balaban J connectivity index is 1.08. The Morgan fingerprint density at radius 2 is 1.49 bits per heavy atom. The lowest BCUT2D eigenvalue weighted by Crippen LogP contribution is -2.56. The van der Waals surface area contributed by atoms with Crippen LogP contribution in [0.2, 0.25) is 10.0 Å². The molecule has 2 heterocycles. The molecule has 190 valence electrons. The lowest BCUT2D eigenvalue weighted by molar-refractivity contribution is -0.119. The Hall–Kier alpha value is -3.42. The monoisotopic (exact) mass is 537 g/mol. The summed E-state index contributed by atoms with van der Waals surface area (Å²) in [4.78, 5) is 43.7. The van der Waals surface area contributed by atoms with Crippen LogP contribution in [-0.4, -0.2) is 46.6 Å². The van der Waals surface area contributed by atoms with E-state index in [1.165, 1.54) is 6.20 Å². The van der Waals surface area contributed by atoms with Gasteiger partial charge in [0, 0.05) is 47.5 Å². The highest BCUT2D eigenvalue weighted by atomic mass is 35.5. The summed E-state index contributed by atoms with van der Waals surface area (Å²) in [6.45, 7) is 1.33. The van der Waals surface area contributed by atoms with Gasteiger partial charge in [0.15, 0.2) is 0 Å². The second-order valence-electron chi connectivity index (χ2n) is 9.65. The van der Waals surface area contributed by atoms with Crippen molar-refractivity contribution >= 4 is 40.8 Å². The Kier molecular flexibility index (Phi) is 7.17. The number of benzene rings is 2. The van der Waals surface area contributed by atoms with Gasteiger partial charge >= 0.3 is 0 Å². The molecule has 1 spiro atoms. The summed E-state index contributed by atoms with van der Waals surface area (Å²) in [7, 11) is 0. The number of nitrogens with zero attached hydrogens (tertiary/aromatic N) is 2. The van der Waals surface area contributed by atoms with Crippen molar-refractivity contribution in [2.75, 3.05) is 13.1 Å². The van der Waals surface area contributed by atoms with Crippen LogP contribution in [0.5, 0.6) is 11.6 Å². The number of ketones is 1. The molecule has 5 rings (SSSR count). The first-order chi connectivity index (χ1) is 17.8. The smallest absolute Gasteiger partial charge is 0.292 e. The van der Waals surface area contributed by atoms with E-state index in [1.54, 1.807) is 60.7 Å². The molecule has 3 aromatic rings. The standard InChI is InChI=1S/C28H25Cl2N3O4/c29-20-5-1-18(2-6-20)25(34)26(35)32-22-15-28(16-22)11-13-33(14-12-28)27(36)19-3-8-23(9-4-19)37-24-10-7-21(30)17-31-24/h1-10,17,22H,11-16H2,(H,32,35). The summed E-state index contributed by atoms with van der Waals surface area (Å²) in [5.74, 6) is -0.146. The number of aromatic nitrogens is 1. The summed E-state index contributed by atoms with van der Waals surface area (Å²) in [5, 5.41) is 3.91. The van der Waals surface area contributed by atoms with E-state index in [9.17, 15) is 14.4 Å². The summed E-state index contributed by atoms with van der Waals surface area (Å²) in [6, 6.07) is 16.7. The number of piperidine rings is 1. The number of likely N-dealkylation sites (tertiary alicyclic amines) is 1. The van der Waals surface area contributed by atoms with Gasteiger partial charge in [-0.05, 0) is 85.7 Å². The van der Waals surface area contributed by atoms with Gasteiger partial charge in [-0.3, -0.25) is 14.4 Å². The highest BCUT2D eigenvalue weighted by Gasteiger charge is 2.47. The number of ether oxygens (including phenoxy) is 1. The second kappa shape index (κ2) is 10.5. The van der Waals surface area contributed by atoms with E-state index >= 15 is 0 Å². The SMILES string of the molecule is O=C(NC1CC2(CCN(C(=O)c3ccc(Oc4ccc(Cl)cn4)cc3)CC2)C1)C(=O)c1ccc(Cl)cc1. The number of pyridine rings is 1. The van der Waals surface area contributed by atoms with E-state index in [0.717, 1.165) is 25.7 Å². The molecule has 7 nitrogen and oxygen atoms in total. The minimum absolute atomic E-state index is 0.0104. The highest BCUT2D eigenvalue weighted by molar-refractivity contribution is 6.43. The number of amides is 2. The predicted molar refractivity (Wildman–Crippen MR) is 140 cm³/mol. The van der Waals surface area contributed by atoms with Gasteiger partial charge in [-0.1, -0.05) is 23.2 Å². The van der Waals surface area contributed by atoms with Crippen molar-refractivity contribution in [2.45, 2.75) is 31.7 Å². The zero-order valence-electron chi connectivity index (χ0n) is 20.0. The van der Waals surface area contributed by atoms with Gasteiger partial charge in [-0.2, -0.15) is 0 Å². The van der Waals surface area contributed by atoms with Crippen molar-refractivity contribution < 1.29 is 19.1 Å². The van der Waals surface area contributed by atoms with E-state index in [2.05, 4.69) is 10.3 Å². The number of carbonyl (C=O) groups excluding carboxylic acids is 3. The average molecular weight is 538 g/mol. The number of Topliss-reactive ketones (excluding diaryl/α,β-unsaturated/α-hetero) is 1. The minimum atomic E-state index is -0.589. The third-order valence-electron chi connectivity index (χ3n) is 7.14. The number of carbonyl (C=O) groups is 3. The maximum absolute atomic E-state index is 13.0. The molecule has 2 fully saturated rings. The summed E-state index contributed by atoms with van der Waals surface area (Å²) >= 11 is 11.7. The first kappa shape index (κ1) is 25.2. The van der Waals surface area contributed by atoms with Crippen molar-refractivity contribution in [1.29, 1.82) is 0 Å². The van der Waals surface area contributed by atoms with Crippen LogP contribution in [0.1, 0.15) is 46.4 Å². The number of halogens is 2. The molecule has 37 heavy (non-hydrogen) atoms. The number of hydrogen-bond acceptors (Lipinski definition) is 5. The molecule has 2 aliphatic rings. The van der Waals surface area contributed by atoms with Gasteiger partial charge in [-0.25, -0.2) is 4.98 Å². The van der Waals surface area contributed by atoms with Crippen molar-refractivity contribution in [1.82, 2.24) is 15.2 Å². The van der Waals surface area contributed by atoms with Crippen LogP contribution in [0.4, 0.5) is 0 Å². The maximum atomic E-state index is 13.0. The van der Waals surface area contributed by atoms with Gasteiger partial charge in [-0.15, -0.1) is 0 Å². The van der Waals surface area contributed by atoms with E-state index < -0.39 is 11.7 Å². The van der Waals surface area contributed by atoms with E-state index in [-0.39, 0.29) is 17.4 Å². The number of hydrogen-bond donors (Lipinski definition) is 1. The topological polar surface area (TPSA) is 88.6 Å². The fourth-order valence-corrected chi connectivity index (χ4v) is 5.29. The van der Waals surface area contributed by atoms with E-state index in [4.69, 9.17) is 27.9 Å². The molecule has 1 aromatic heterocycles. The molecule has 1 aliphatic heterocycles. The molecule has 9 heteroatoms. The Morgan fingerprint density at radius 1 is 0.865 bits per heavy atom. The molecule has 1 saturated heterocycles. The molecular weight excluding hydrogens is 513 g/mol. The summed E-state index contributed by atoms with van der Waals surface area (Å²) < 4.78 is 5.69. The van der Waals surface area contributed by atoms with Crippen LogP contribution in [0.25, 0.3) is 0 Å². The Bertz CT molecular complexity index is 1290. The van der Waals surface area contributed by atoms with E-state index in [0.29, 0.717) is 45.9 Å². The second-order valence-corrected chi connectivity index (χ2v) is 10.5. The molecule has 1 aliphatic carbocycles. The lowest BCUT2D eigenvalue weighted by Gasteiger charge is -2.52. The zero-order chi connectivity index (χ0) is 26.0.